The van der Waals surface area contributed by atoms with E-state index in [4.69, 9.17) is 0 Å². The topological polar surface area (TPSA) is 46.1 Å². The number of benzene rings is 1. The van der Waals surface area contributed by atoms with Crippen molar-refractivity contribution in [3.05, 3.63) is 48.0 Å². The van der Waals surface area contributed by atoms with Crippen LogP contribution in [0.4, 0.5) is 15.8 Å². The fraction of sp³-hybridized carbons (Fsp3) is 0.267. The third-order valence-electron chi connectivity index (χ3n) is 3.01. The quantitative estimate of drug-likeness (QED) is 0.880. The van der Waals surface area contributed by atoms with E-state index in [0.29, 0.717) is 6.54 Å². The van der Waals surface area contributed by atoms with E-state index in [1.807, 2.05) is 18.3 Å². The fourth-order valence-electron chi connectivity index (χ4n) is 2.03. The average molecular weight is 275 g/mol. The number of nitrogens with one attached hydrogen (secondary N) is 2. The maximum Gasteiger partial charge on any atom is 0.221 e. The van der Waals surface area contributed by atoms with E-state index in [0.717, 1.165) is 17.9 Å². The highest BCUT2D eigenvalue weighted by atomic mass is 19.1. The number of carbonyl (C=O) groups excluding carboxylic acids is 1. The van der Waals surface area contributed by atoms with Crippen LogP contribution in [0.2, 0.25) is 0 Å². The number of aromatic nitrogens is 1. The van der Waals surface area contributed by atoms with Crippen molar-refractivity contribution < 1.29 is 9.18 Å². The molecule has 106 valence electrons. The molecule has 0 aliphatic heterocycles. The van der Waals surface area contributed by atoms with Gasteiger partial charge in [-0.3, -0.25) is 4.79 Å². The lowest BCUT2D eigenvalue weighted by molar-refractivity contribution is -0.114. The van der Waals surface area contributed by atoms with Crippen molar-refractivity contribution in [3.8, 4) is 0 Å². The molecule has 4 nitrogen and oxygen atoms in total. The Bertz CT molecular complexity index is 607. The summed E-state index contributed by atoms with van der Waals surface area (Å²) in [5.41, 5.74) is 2.10. The zero-order chi connectivity index (χ0) is 14.5. The molecule has 0 unspecified atom stereocenters. The summed E-state index contributed by atoms with van der Waals surface area (Å²) >= 11 is 0. The number of nitrogens with zero attached hydrogens (tertiary/aromatic N) is 1. The number of hydrogen-bond donors (Lipinski definition) is 2. The first-order chi connectivity index (χ1) is 9.60. The van der Waals surface area contributed by atoms with Crippen molar-refractivity contribution in [1.29, 1.82) is 0 Å². The Labute approximate surface area is 117 Å². The van der Waals surface area contributed by atoms with Gasteiger partial charge < -0.3 is 15.2 Å². The SMILES string of the molecule is CCn1cccc1CNc1ccc(F)c(NC(C)=O)c1. The minimum absolute atomic E-state index is 0.188. The van der Waals surface area contributed by atoms with E-state index in [-0.39, 0.29) is 11.6 Å². The highest BCUT2D eigenvalue weighted by Crippen LogP contribution is 2.20. The molecule has 0 atom stereocenters. The Hall–Kier alpha value is -2.30. The van der Waals surface area contributed by atoms with Crippen molar-refractivity contribution in [2.24, 2.45) is 0 Å². The summed E-state index contributed by atoms with van der Waals surface area (Å²) in [5.74, 6) is -0.733. The van der Waals surface area contributed by atoms with Gasteiger partial charge in [0.2, 0.25) is 5.91 Å². The van der Waals surface area contributed by atoms with E-state index >= 15 is 0 Å². The van der Waals surface area contributed by atoms with Gasteiger partial charge in [-0.05, 0) is 37.3 Å². The van der Waals surface area contributed by atoms with E-state index < -0.39 is 5.82 Å². The van der Waals surface area contributed by atoms with Gasteiger partial charge in [0.25, 0.3) is 0 Å². The summed E-state index contributed by atoms with van der Waals surface area (Å²) in [6.45, 7) is 4.99. The molecule has 0 saturated heterocycles. The van der Waals surface area contributed by atoms with Crippen LogP contribution < -0.4 is 10.6 Å². The van der Waals surface area contributed by atoms with Crippen LogP contribution in [0.25, 0.3) is 0 Å². The molecule has 0 aliphatic carbocycles. The normalized spacial score (nSPS) is 10.3. The predicted molar refractivity (Wildman–Crippen MR) is 78.1 cm³/mol. The van der Waals surface area contributed by atoms with Gasteiger partial charge in [-0.15, -0.1) is 0 Å². The van der Waals surface area contributed by atoms with Crippen molar-refractivity contribution in [2.75, 3.05) is 10.6 Å². The van der Waals surface area contributed by atoms with Gasteiger partial charge in [0.15, 0.2) is 0 Å². The summed E-state index contributed by atoms with van der Waals surface area (Å²) < 4.78 is 15.6. The molecule has 1 aromatic carbocycles. The first-order valence-electron chi connectivity index (χ1n) is 6.55. The monoisotopic (exact) mass is 275 g/mol. The summed E-state index contributed by atoms with van der Waals surface area (Å²) in [6.07, 6.45) is 2.02. The van der Waals surface area contributed by atoms with Crippen LogP contribution in [0, 0.1) is 5.82 Å². The van der Waals surface area contributed by atoms with Gasteiger partial charge in [0.05, 0.1) is 12.2 Å². The Morgan fingerprint density at radius 3 is 2.85 bits per heavy atom. The molecule has 0 fully saturated rings. The van der Waals surface area contributed by atoms with E-state index in [1.54, 1.807) is 12.1 Å². The highest BCUT2D eigenvalue weighted by molar-refractivity contribution is 5.89. The number of rotatable bonds is 5. The molecular weight excluding hydrogens is 257 g/mol. The molecule has 0 saturated carbocycles. The Morgan fingerprint density at radius 2 is 2.15 bits per heavy atom. The maximum atomic E-state index is 13.5. The number of hydrogen-bond acceptors (Lipinski definition) is 2. The van der Waals surface area contributed by atoms with E-state index in [1.165, 1.54) is 13.0 Å². The smallest absolute Gasteiger partial charge is 0.221 e. The molecule has 2 rings (SSSR count). The van der Waals surface area contributed by atoms with Crippen LogP contribution in [0.1, 0.15) is 19.5 Å². The largest absolute Gasteiger partial charge is 0.379 e. The zero-order valence-corrected chi connectivity index (χ0v) is 11.6. The van der Waals surface area contributed by atoms with E-state index in [9.17, 15) is 9.18 Å². The number of amides is 1. The third kappa shape index (κ3) is 3.38. The first kappa shape index (κ1) is 14.1. The van der Waals surface area contributed by atoms with Gasteiger partial charge in [-0.25, -0.2) is 4.39 Å². The zero-order valence-electron chi connectivity index (χ0n) is 11.6. The van der Waals surface area contributed by atoms with Gasteiger partial charge in [0.1, 0.15) is 5.82 Å². The van der Waals surface area contributed by atoms with Crippen LogP contribution >= 0.6 is 0 Å². The molecule has 5 heteroatoms. The molecule has 0 bridgehead atoms. The van der Waals surface area contributed by atoms with Crippen LogP contribution in [0.5, 0.6) is 0 Å². The first-order valence-corrected chi connectivity index (χ1v) is 6.55. The molecule has 1 amide bonds. The summed E-state index contributed by atoms with van der Waals surface area (Å²) in [5, 5.41) is 5.69. The number of aryl methyl sites for hydroxylation is 1. The molecule has 0 spiro atoms. The molecule has 0 radical (unpaired) electrons. The highest BCUT2D eigenvalue weighted by Gasteiger charge is 2.05. The lowest BCUT2D eigenvalue weighted by Gasteiger charge is -2.11. The van der Waals surface area contributed by atoms with E-state index in [2.05, 4.69) is 22.1 Å². The Kier molecular flexibility index (Phi) is 4.40. The second-order valence-corrected chi connectivity index (χ2v) is 4.51. The molecular formula is C15H18FN3O. The number of anilines is 2. The maximum absolute atomic E-state index is 13.5. The van der Waals surface area contributed by atoms with Crippen LogP contribution in [-0.2, 0) is 17.9 Å². The van der Waals surface area contributed by atoms with Crippen molar-refractivity contribution in [2.45, 2.75) is 26.9 Å². The van der Waals surface area contributed by atoms with Crippen molar-refractivity contribution in [3.63, 3.8) is 0 Å². The summed E-state index contributed by atoms with van der Waals surface area (Å²) in [7, 11) is 0. The molecule has 2 N–H and O–H groups in total. The Balaban J connectivity index is 2.08. The molecule has 1 heterocycles. The molecule has 0 aliphatic rings. The second-order valence-electron chi connectivity index (χ2n) is 4.51. The molecule has 1 aromatic heterocycles. The van der Waals surface area contributed by atoms with Gasteiger partial charge in [-0.2, -0.15) is 0 Å². The standard InChI is InChI=1S/C15H18FN3O/c1-3-19-8-4-5-13(19)10-17-12-6-7-14(16)15(9-12)18-11(2)20/h4-9,17H,3,10H2,1-2H3,(H,18,20). The number of carbonyl (C=O) groups is 1. The van der Waals surface area contributed by atoms with Crippen LogP contribution in [0.15, 0.2) is 36.5 Å². The molecule has 2 aromatic rings. The Morgan fingerprint density at radius 1 is 1.35 bits per heavy atom. The van der Waals surface area contributed by atoms with Crippen molar-refractivity contribution >= 4 is 17.3 Å². The number of halogens is 1. The van der Waals surface area contributed by atoms with Gasteiger partial charge >= 0.3 is 0 Å². The van der Waals surface area contributed by atoms with Gasteiger partial charge in [-0.1, -0.05) is 0 Å². The second kappa shape index (κ2) is 6.23. The lowest BCUT2D eigenvalue weighted by Crippen LogP contribution is -2.09. The minimum Gasteiger partial charge on any atom is -0.379 e. The average Bonchev–Trinajstić information content (AvgIpc) is 2.86. The van der Waals surface area contributed by atoms with Crippen LogP contribution in [0.3, 0.4) is 0 Å². The summed E-state index contributed by atoms with van der Waals surface area (Å²) in [6, 6.07) is 8.62. The third-order valence-corrected chi connectivity index (χ3v) is 3.01. The lowest BCUT2D eigenvalue weighted by atomic mass is 10.2. The fourth-order valence-corrected chi connectivity index (χ4v) is 2.03. The van der Waals surface area contributed by atoms with Gasteiger partial charge in [0, 0.05) is 31.0 Å². The van der Waals surface area contributed by atoms with Crippen molar-refractivity contribution in [1.82, 2.24) is 4.57 Å². The minimum atomic E-state index is -0.442. The summed E-state index contributed by atoms with van der Waals surface area (Å²) in [4.78, 5) is 11.0. The van der Waals surface area contributed by atoms with Crippen LogP contribution in [-0.4, -0.2) is 10.5 Å². The molecule has 20 heavy (non-hydrogen) atoms. The predicted octanol–water partition coefficient (Wildman–Crippen LogP) is 3.22.